The lowest BCUT2D eigenvalue weighted by Crippen LogP contribution is -2.18. The van der Waals surface area contributed by atoms with Crippen LogP contribution < -0.4 is 10.1 Å². The number of nitrogens with one attached hydrogen (secondary N) is 1. The second kappa shape index (κ2) is 8.98. The molecule has 0 atom stereocenters. The fraction of sp³-hybridized carbons (Fsp3) is 0.647. The molecule has 1 N–H and O–H groups in total. The Morgan fingerprint density at radius 3 is 2.30 bits per heavy atom. The van der Waals surface area contributed by atoms with Gasteiger partial charge in [0.25, 0.3) is 0 Å². The van der Waals surface area contributed by atoms with Crippen LogP contribution in [-0.4, -0.2) is 26.9 Å². The first-order valence-corrected chi connectivity index (χ1v) is 7.47. The van der Waals surface area contributed by atoms with E-state index in [0.717, 1.165) is 38.5 Å². The highest BCUT2D eigenvalue weighted by molar-refractivity contribution is 5.43. The summed E-state index contributed by atoms with van der Waals surface area (Å²) in [5, 5.41) is 3.37. The standard InChI is InChI=1S/C17H29NO2/c1-13(2)6-8-20-17-14(3)10-16(11-15(17)4)12-18-7-9-19-5/h10-11,13,18H,6-9,12H2,1-5H3. The Kier molecular flexibility index (Phi) is 7.63. The van der Waals surface area contributed by atoms with Crippen LogP contribution in [-0.2, 0) is 11.3 Å². The van der Waals surface area contributed by atoms with E-state index in [4.69, 9.17) is 9.47 Å². The third-order valence-electron chi connectivity index (χ3n) is 3.27. The first-order valence-electron chi connectivity index (χ1n) is 7.47. The Labute approximate surface area is 123 Å². The van der Waals surface area contributed by atoms with E-state index in [1.165, 1.54) is 16.7 Å². The van der Waals surface area contributed by atoms with Crippen molar-refractivity contribution in [3.05, 3.63) is 28.8 Å². The van der Waals surface area contributed by atoms with Crippen LogP contribution in [0.3, 0.4) is 0 Å². The minimum Gasteiger partial charge on any atom is -0.493 e. The summed E-state index contributed by atoms with van der Waals surface area (Å²) < 4.78 is 11.0. The van der Waals surface area contributed by atoms with Gasteiger partial charge in [0.1, 0.15) is 5.75 Å². The first-order chi connectivity index (χ1) is 9.54. The summed E-state index contributed by atoms with van der Waals surface area (Å²) in [5.41, 5.74) is 3.74. The van der Waals surface area contributed by atoms with Crippen molar-refractivity contribution >= 4 is 0 Å². The molecule has 3 heteroatoms. The summed E-state index contributed by atoms with van der Waals surface area (Å²) in [6, 6.07) is 4.41. The third-order valence-corrected chi connectivity index (χ3v) is 3.27. The number of aryl methyl sites for hydroxylation is 2. The van der Waals surface area contributed by atoms with Gasteiger partial charge in [-0.05, 0) is 42.9 Å². The maximum absolute atomic E-state index is 5.94. The molecule has 0 aliphatic carbocycles. The molecule has 1 aromatic carbocycles. The van der Waals surface area contributed by atoms with Gasteiger partial charge in [-0.1, -0.05) is 26.0 Å². The molecule has 0 fully saturated rings. The number of rotatable bonds is 9. The third kappa shape index (κ3) is 5.93. The van der Waals surface area contributed by atoms with Gasteiger partial charge in [-0.15, -0.1) is 0 Å². The Bertz CT molecular complexity index is 379. The molecular weight excluding hydrogens is 250 g/mol. The average Bonchev–Trinajstić information content (AvgIpc) is 2.37. The number of hydrogen-bond acceptors (Lipinski definition) is 3. The highest BCUT2D eigenvalue weighted by Crippen LogP contribution is 2.25. The second-order valence-electron chi connectivity index (χ2n) is 5.76. The lowest BCUT2D eigenvalue weighted by molar-refractivity contribution is 0.199. The molecule has 3 nitrogen and oxygen atoms in total. The Balaban J connectivity index is 2.57. The van der Waals surface area contributed by atoms with Crippen molar-refractivity contribution in [1.82, 2.24) is 5.32 Å². The van der Waals surface area contributed by atoms with E-state index >= 15 is 0 Å². The second-order valence-corrected chi connectivity index (χ2v) is 5.76. The highest BCUT2D eigenvalue weighted by atomic mass is 16.5. The van der Waals surface area contributed by atoms with Crippen LogP contribution in [0.4, 0.5) is 0 Å². The van der Waals surface area contributed by atoms with Crippen LogP contribution in [0.5, 0.6) is 5.75 Å². The molecule has 0 aliphatic rings. The molecule has 0 heterocycles. The van der Waals surface area contributed by atoms with E-state index in [9.17, 15) is 0 Å². The van der Waals surface area contributed by atoms with Crippen LogP contribution in [0.25, 0.3) is 0 Å². The van der Waals surface area contributed by atoms with Gasteiger partial charge in [-0.2, -0.15) is 0 Å². The Hall–Kier alpha value is -1.06. The first kappa shape index (κ1) is 17.0. The Morgan fingerprint density at radius 2 is 1.75 bits per heavy atom. The molecule has 0 bridgehead atoms. The zero-order valence-electron chi connectivity index (χ0n) is 13.6. The quantitative estimate of drug-likeness (QED) is 0.702. The van der Waals surface area contributed by atoms with Crippen molar-refractivity contribution < 1.29 is 9.47 Å². The lowest BCUT2D eigenvalue weighted by atomic mass is 10.1. The van der Waals surface area contributed by atoms with Crippen molar-refractivity contribution in [2.75, 3.05) is 26.9 Å². The van der Waals surface area contributed by atoms with Gasteiger partial charge in [0.2, 0.25) is 0 Å². The van der Waals surface area contributed by atoms with Crippen LogP contribution in [0.2, 0.25) is 0 Å². The van der Waals surface area contributed by atoms with E-state index in [-0.39, 0.29) is 0 Å². The summed E-state index contributed by atoms with van der Waals surface area (Å²) in [6.07, 6.45) is 1.10. The maximum Gasteiger partial charge on any atom is 0.125 e. The minimum atomic E-state index is 0.680. The largest absolute Gasteiger partial charge is 0.493 e. The molecule has 0 amide bonds. The smallest absolute Gasteiger partial charge is 0.125 e. The monoisotopic (exact) mass is 279 g/mol. The van der Waals surface area contributed by atoms with Crippen molar-refractivity contribution in [2.24, 2.45) is 5.92 Å². The molecule has 0 aliphatic heterocycles. The fourth-order valence-electron chi connectivity index (χ4n) is 2.17. The molecule has 0 saturated carbocycles. The molecule has 0 saturated heterocycles. The van der Waals surface area contributed by atoms with Gasteiger partial charge < -0.3 is 14.8 Å². The van der Waals surface area contributed by atoms with Crippen molar-refractivity contribution in [2.45, 2.75) is 40.7 Å². The molecule has 0 unspecified atom stereocenters. The lowest BCUT2D eigenvalue weighted by Gasteiger charge is -2.15. The molecule has 1 rings (SSSR count). The van der Waals surface area contributed by atoms with Gasteiger partial charge >= 0.3 is 0 Å². The highest BCUT2D eigenvalue weighted by Gasteiger charge is 2.07. The SMILES string of the molecule is COCCNCc1cc(C)c(OCCC(C)C)c(C)c1. The van der Waals surface area contributed by atoms with Gasteiger partial charge in [0.05, 0.1) is 13.2 Å². The van der Waals surface area contributed by atoms with E-state index in [1.807, 2.05) is 0 Å². The van der Waals surface area contributed by atoms with Gasteiger partial charge in [0, 0.05) is 20.2 Å². The van der Waals surface area contributed by atoms with Gasteiger partial charge in [-0.3, -0.25) is 0 Å². The molecule has 114 valence electrons. The molecular formula is C17H29NO2. The van der Waals surface area contributed by atoms with Crippen LogP contribution in [0.15, 0.2) is 12.1 Å². The van der Waals surface area contributed by atoms with E-state index < -0.39 is 0 Å². The molecule has 0 radical (unpaired) electrons. The van der Waals surface area contributed by atoms with Crippen molar-refractivity contribution in [3.8, 4) is 5.75 Å². The Morgan fingerprint density at radius 1 is 1.10 bits per heavy atom. The van der Waals surface area contributed by atoms with Crippen LogP contribution in [0, 0.1) is 19.8 Å². The number of benzene rings is 1. The molecule has 20 heavy (non-hydrogen) atoms. The zero-order chi connectivity index (χ0) is 15.0. The van der Waals surface area contributed by atoms with Crippen LogP contribution >= 0.6 is 0 Å². The summed E-state index contributed by atoms with van der Waals surface area (Å²) in [5.74, 6) is 1.73. The summed E-state index contributed by atoms with van der Waals surface area (Å²) in [7, 11) is 1.72. The van der Waals surface area contributed by atoms with Crippen molar-refractivity contribution in [3.63, 3.8) is 0 Å². The van der Waals surface area contributed by atoms with Gasteiger partial charge in [-0.25, -0.2) is 0 Å². The van der Waals surface area contributed by atoms with Crippen molar-refractivity contribution in [1.29, 1.82) is 0 Å². The normalized spacial score (nSPS) is 11.1. The minimum absolute atomic E-state index is 0.680. The maximum atomic E-state index is 5.94. The number of ether oxygens (including phenoxy) is 2. The predicted molar refractivity (Wildman–Crippen MR) is 84.4 cm³/mol. The zero-order valence-corrected chi connectivity index (χ0v) is 13.6. The van der Waals surface area contributed by atoms with E-state index in [1.54, 1.807) is 7.11 Å². The topological polar surface area (TPSA) is 30.5 Å². The number of hydrogen-bond donors (Lipinski definition) is 1. The van der Waals surface area contributed by atoms with Gasteiger partial charge in [0.15, 0.2) is 0 Å². The summed E-state index contributed by atoms with van der Waals surface area (Å²) in [6.45, 7) is 12.0. The predicted octanol–water partition coefficient (Wildman–Crippen LogP) is 3.46. The molecule has 1 aromatic rings. The average molecular weight is 279 g/mol. The molecule has 0 spiro atoms. The number of methoxy groups -OCH3 is 1. The fourth-order valence-corrected chi connectivity index (χ4v) is 2.17. The van der Waals surface area contributed by atoms with Crippen LogP contribution in [0.1, 0.15) is 37.0 Å². The van der Waals surface area contributed by atoms with E-state index in [2.05, 4.69) is 45.1 Å². The van der Waals surface area contributed by atoms with E-state index in [0.29, 0.717) is 5.92 Å². The summed E-state index contributed by atoms with van der Waals surface area (Å²) in [4.78, 5) is 0. The molecule has 0 aromatic heterocycles. The summed E-state index contributed by atoms with van der Waals surface area (Å²) >= 11 is 0.